The van der Waals surface area contributed by atoms with Crippen molar-refractivity contribution in [3.63, 3.8) is 0 Å². The number of carbonyl (C=O) groups excluding carboxylic acids is 1. The Morgan fingerprint density at radius 3 is 2.89 bits per heavy atom. The second kappa shape index (κ2) is 5.63. The van der Waals surface area contributed by atoms with E-state index < -0.39 is 0 Å². The highest BCUT2D eigenvalue weighted by Crippen LogP contribution is 2.31. The summed E-state index contributed by atoms with van der Waals surface area (Å²) in [5, 5.41) is 6.38. The van der Waals surface area contributed by atoms with Crippen LogP contribution in [-0.2, 0) is 4.79 Å². The molecule has 0 spiro atoms. The number of carbonyl (C=O) groups is 1. The molecule has 19 heavy (non-hydrogen) atoms. The Hall–Kier alpha value is -0.870. The van der Waals surface area contributed by atoms with Gasteiger partial charge in [-0.3, -0.25) is 4.79 Å². The van der Waals surface area contributed by atoms with E-state index in [1.54, 1.807) is 0 Å². The van der Waals surface area contributed by atoms with Gasteiger partial charge in [0.05, 0.1) is 6.04 Å². The van der Waals surface area contributed by atoms with Crippen molar-refractivity contribution in [2.24, 2.45) is 5.41 Å². The van der Waals surface area contributed by atoms with E-state index >= 15 is 0 Å². The van der Waals surface area contributed by atoms with Crippen LogP contribution < -0.4 is 10.6 Å². The lowest BCUT2D eigenvalue weighted by Crippen LogP contribution is -2.53. The molecule has 0 bridgehead atoms. The molecule has 1 fully saturated rings. The third kappa shape index (κ3) is 3.18. The SMILES string of the molecule is Cc1c(Br)cccc1NC(=O)C1NCCCC1(C)C. The van der Waals surface area contributed by atoms with Crippen molar-refractivity contribution in [3.8, 4) is 0 Å². The fourth-order valence-electron chi connectivity index (χ4n) is 2.61. The van der Waals surface area contributed by atoms with E-state index in [4.69, 9.17) is 0 Å². The predicted molar refractivity (Wildman–Crippen MR) is 82.3 cm³/mol. The maximum absolute atomic E-state index is 12.5. The molecule has 0 saturated carbocycles. The van der Waals surface area contributed by atoms with Crippen molar-refractivity contribution in [3.05, 3.63) is 28.2 Å². The second-order valence-electron chi connectivity index (χ2n) is 5.88. The normalized spacial score (nSPS) is 22.0. The van der Waals surface area contributed by atoms with Gasteiger partial charge in [-0.15, -0.1) is 0 Å². The minimum atomic E-state index is -0.125. The minimum Gasteiger partial charge on any atom is -0.324 e. The summed E-state index contributed by atoms with van der Waals surface area (Å²) in [6, 6.07) is 5.73. The monoisotopic (exact) mass is 324 g/mol. The number of hydrogen-bond acceptors (Lipinski definition) is 2. The predicted octanol–water partition coefficient (Wildman–Crippen LogP) is 3.47. The van der Waals surface area contributed by atoms with Crippen LogP contribution in [0.2, 0.25) is 0 Å². The lowest BCUT2D eigenvalue weighted by atomic mass is 9.77. The second-order valence-corrected chi connectivity index (χ2v) is 6.74. The minimum absolute atomic E-state index is 0.00223. The number of piperidine rings is 1. The van der Waals surface area contributed by atoms with Crippen molar-refractivity contribution in [1.29, 1.82) is 0 Å². The zero-order valence-electron chi connectivity index (χ0n) is 11.7. The van der Waals surface area contributed by atoms with E-state index in [1.807, 2.05) is 25.1 Å². The van der Waals surface area contributed by atoms with Crippen molar-refractivity contribution in [2.45, 2.75) is 39.7 Å². The number of halogens is 1. The average Bonchev–Trinajstić information content (AvgIpc) is 2.34. The first-order valence-corrected chi connectivity index (χ1v) is 7.50. The lowest BCUT2D eigenvalue weighted by molar-refractivity contribution is -0.121. The average molecular weight is 325 g/mol. The Bertz CT molecular complexity index is 485. The number of rotatable bonds is 2. The van der Waals surface area contributed by atoms with E-state index in [2.05, 4.69) is 40.4 Å². The Labute approximate surface area is 123 Å². The van der Waals surface area contributed by atoms with Gasteiger partial charge in [0.1, 0.15) is 0 Å². The first-order valence-electron chi connectivity index (χ1n) is 6.71. The van der Waals surface area contributed by atoms with Crippen LogP contribution in [0, 0.1) is 12.3 Å². The molecule has 104 valence electrons. The molecular weight excluding hydrogens is 304 g/mol. The summed E-state index contributed by atoms with van der Waals surface area (Å²) in [4.78, 5) is 12.5. The van der Waals surface area contributed by atoms with Gasteiger partial charge in [0.2, 0.25) is 5.91 Å². The van der Waals surface area contributed by atoms with E-state index in [0.29, 0.717) is 0 Å². The zero-order chi connectivity index (χ0) is 14.0. The molecule has 1 unspecified atom stereocenters. The summed E-state index contributed by atoms with van der Waals surface area (Å²) < 4.78 is 1.01. The quantitative estimate of drug-likeness (QED) is 0.874. The third-order valence-corrected chi connectivity index (χ3v) is 4.77. The van der Waals surface area contributed by atoms with Gasteiger partial charge < -0.3 is 10.6 Å². The van der Waals surface area contributed by atoms with Gasteiger partial charge in [-0.2, -0.15) is 0 Å². The van der Waals surface area contributed by atoms with Gasteiger partial charge in [0.15, 0.2) is 0 Å². The van der Waals surface area contributed by atoms with Gasteiger partial charge in [0.25, 0.3) is 0 Å². The summed E-state index contributed by atoms with van der Waals surface area (Å²) in [7, 11) is 0. The molecule has 1 aromatic rings. The smallest absolute Gasteiger partial charge is 0.242 e. The van der Waals surface area contributed by atoms with Crippen LogP contribution >= 0.6 is 15.9 Å². The van der Waals surface area contributed by atoms with Crippen molar-refractivity contribution >= 4 is 27.5 Å². The highest BCUT2D eigenvalue weighted by atomic mass is 79.9. The number of amides is 1. The molecule has 3 nitrogen and oxygen atoms in total. The fraction of sp³-hybridized carbons (Fsp3) is 0.533. The molecule has 1 atom stereocenters. The topological polar surface area (TPSA) is 41.1 Å². The van der Waals surface area contributed by atoms with Gasteiger partial charge >= 0.3 is 0 Å². The van der Waals surface area contributed by atoms with Crippen LogP contribution in [0.25, 0.3) is 0 Å². The summed E-state index contributed by atoms with van der Waals surface area (Å²) in [6.45, 7) is 7.21. The van der Waals surface area contributed by atoms with Crippen LogP contribution in [0.15, 0.2) is 22.7 Å². The summed E-state index contributed by atoms with van der Waals surface area (Å²) >= 11 is 3.49. The Balaban J connectivity index is 2.14. The van der Waals surface area contributed by atoms with E-state index in [0.717, 1.165) is 35.1 Å². The van der Waals surface area contributed by atoms with E-state index in [9.17, 15) is 4.79 Å². The Kier molecular flexibility index (Phi) is 4.31. The molecular formula is C15H21BrN2O. The lowest BCUT2D eigenvalue weighted by Gasteiger charge is -2.38. The Morgan fingerprint density at radius 1 is 1.47 bits per heavy atom. The molecule has 1 aliphatic rings. The molecule has 1 aromatic carbocycles. The van der Waals surface area contributed by atoms with Crippen molar-refractivity contribution in [1.82, 2.24) is 5.32 Å². The van der Waals surface area contributed by atoms with Crippen LogP contribution in [0.1, 0.15) is 32.3 Å². The third-order valence-electron chi connectivity index (χ3n) is 3.92. The molecule has 0 aromatic heterocycles. The molecule has 1 amide bonds. The van der Waals surface area contributed by atoms with E-state index in [1.165, 1.54) is 0 Å². The maximum Gasteiger partial charge on any atom is 0.242 e. The summed E-state index contributed by atoms with van der Waals surface area (Å²) in [6.07, 6.45) is 2.21. The van der Waals surface area contributed by atoms with Gasteiger partial charge in [-0.05, 0) is 49.4 Å². The van der Waals surface area contributed by atoms with Gasteiger partial charge in [-0.25, -0.2) is 0 Å². The highest BCUT2D eigenvalue weighted by Gasteiger charge is 2.37. The molecule has 2 N–H and O–H groups in total. The number of benzene rings is 1. The highest BCUT2D eigenvalue weighted by molar-refractivity contribution is 9.10. The summed E-state index contributed by atoms with van der Waals surface area (Å²) in [5.41, 5.74) is 1.94. The Morgan fingerprint density at radius 2 is 2.21 bits per heavy atom. The zero-order valence-corrected chi connectivity index (χ0v) is 13.3. The summed E-state index contributed by atoms with van der Waals surface area (Å²) in [5.74, 6) is 0.0610. The molecule has 2 rings (SSSR count). The molecule has 1 aliphatic heterocycles. The number of nitrogens with one attached hydrogen (secondary N) is 2. The van der Waals surface area contributed by atoms with E-state index in [-0.39, 0.29) is 17.4 Å². The van der Waals surface area contributed by atoms with Gasteiger partial charge in [-0.1, -0.05) is 35.8 Å². The number of hydrogen-bond donors (Lipinski definition) is 2. The molecule has 4 heteroatoms. The standard InChI is InChI=1S/C15H21BrN2O/c1-10-11(16)6-4-7-12(10)18-14(19)13-15(2,3)8-5-9-17-13/h4,6-7,13,17H,5,8-9H2,1-3H3,(H,18,19). The first kappa shape index (κ1) is 14.5. The van der Waals surface area contributed by atoms with Crippen LogP contribution in [-0.4, -0.2) is 18.5 Å². The van der Waals surface area contributed by atoms with Crippen molar-refractivity contribution < 1.29 is 4.79 Å². The van der Waals surface area contributed by atoms with Crippen LogP contribution in [0.3, 0.4) is 0 Å². The first-order chi connectivity index (χ1) is 8.92. The molecule has 1 heterocycles. The van der Waals surface area contributed by atoms with Crippen LogP contribution in [0.5, 0.6) is 0 Å². The largest absolute Gasteiger partial charge is 0.324 e. The van der Waals surface area contributed by atoms with Crippen LogP contribution in [0.4, 0.5) is 5.69 Å². The number of anilines is 1. The van der Waals surface area contributed by atoms with Gasteiger partial charge in [0, 0.05) is 10.2 Å². The van der Waals surface area contributed by atoms with Crippen molar-refractivity contribution in [2.75, 3.05) is 11.9 Å². The molecule has 0 aliphatic carbocycles. The maximum atomic E-state index is 12.5. The molecule has 1 saturated heterocycles. The fourth-order valence-corrected chi connectivity index (χ4v) is 2.97. The molecule has 0 radical (unpaired) electrons.